The zero-order valence-corrected chi connectivity index (χ0v) is 9.43. The lowest BCUT2D eigenvalue weighted by atomic mass is 10.1. The van der Waals surface area contributed by atoms with Crippen molar-refractivity contribution < 1.29 is 22.9 Å². The van der Waals surface area contributed by atoms with Gasteiger partial charge in [0.05, 0.1) is 10.5 Å². The minimum atomic E-state index is -5.04. The Hall–Kier alpha value is -2.45. The van der Waals surface area contributed by atoms with Gasteiger partial charge >= 0.3 is 6.18 Å². The molecular formula is C10H6F3N3O3. The SMILES string of the molecule is Cn1cc(C(=O)C(F)(F)F)c2cc([N+](=O)[O-])cnc21. The van der Waals surface area contributed by atoms with E-state index in [0.29, 0.717) is 0 Å². The minimum absolute atomic E-state index is 0.0678. The molecular weight excluding hydrogens is 267 g/mol. The van der Waals surface area contributed by atoms with E-state index in [-0.39, 0.29) is 11.0 Å². The van der Waals surface area contributed by atoms with Gasteiger partial charge in [0.25, 0.3) is 11.5 Å². The lowest BCUT2D eigenvalue weighted by molar-refractivity contribution is -0.385. The average Bonchev–Trinajstić information content (AvgIpc) is 2.64. The molecule has 0 radical (unpaired) electrons. The van der Waals surface area contributed by atoms with Crippen LogP contribution in [0.1, 0.15) is 10.4 Å². The fourth-order valence-corrected chi connectivity index (χ4v) is 1.68. The van der Waals surface area contributed by atoms with Gasteiger partial charge in [0, 0.05) is 24.7 Å². The van der Waals surface area contributed by atoms with Crippen LogP contribution in [0.25, 0.3) is 11.0 Å². The molecule has 0 aromatic carbocycles. The van der Waals surface area contributed by atoms with Crippen molar-refractivity contribution in [2.75, 3.05) is 0 Å². The van der Waals surface area contributed by atoms with Crippen molar-refractivity contribution in [1.29, 1.82) is 0 Å². The van der Waals surface area contributed by atoms with Crippen LogP contribution in [-0.2, 0) is 7.05 Å². The van der Waals surface area contributed by atoms with Crippen molar-refractivity contribution in [2.24, 2.45) is 7.05 Å². The van der Waals surface area contributed by atoms with Gasteiger partial charge in [-0.05, 0) is 0 Å². The summed E-state index contributed by atoms with van der Waals surface area (Å²) < 4.78 is 38.5. The van der Waals surface area contributed by atoms with Crippen molar-refractivity contribution in [1.82, 2.24) is 9.55 Å². The van der Waals surface area contributed by atoms with Crippen LogP contribution in [-0.4, -0.2) is 26.4 Å². The third-order valence-electron chi connectivity index (χ3n) is 2.51. The Morgan fingerprint density at radius 3 is 2.63 bits per heavy atom. The smallest absolute Gasteiger partial charge is 0.335 e. The first kappa shape index (κ1) is 13.0. The standard InChI is InChI=1S/C10H6F3N3O3/c1-15-4-7(8(17)10(11,12)13)6-2-5(16(18)19)3-14-9(6)15/h2-4H,1H3. The quantitative estimate of drug-likeness (QED) is 0.477. The van der Waals surface area contributed by atoms with Crippen molar-refractivity contribution in [3.63, 3.8) is 0 Å². The Morgan fingerprint density at radius 1 is 1.47 bits per heavy atom. The maximum atomic E-state index is 12.4. The molecule has 0 aliphatic carbocycles. The largest absolute Gasteiger partial charge is 0.454 e. The summed E-state index contributed by atoms with van der Waals surface area (Å²) in [4.78, 5) is 24.7. The van der Waals surface area contributed by atoms with Crippen molar-refractivity contribution in [3.05, 3.63) is 34.1 Å². The highest BCUT2D eigenvalue weighted by molar-refractivity contribution is 6.10. The number of nitro groups is 1. The molecule has 100 valence electrons. The van der Waals surface area contributed by atoms with E-state index in [2.05, 4.69) is 4.98 Å². The summed E-state index contributed by atoms with van der Waals surface area (Å²) in [5.74, 6) is -2.06. The third kappa shape index (κ3) is 2.14. The molecule has 0 saturated carbocycles. The van der Waals surface area contributed by atoms with Crippen LogP contribution in [0.4, 0.5) is 18.9 Å². The number of fused-ring (bicyclic) bond motifs is 1. The molecule has 0 spiro atoms. The van der Waals surface area contributed by atoms with Gasteiger partial charge in [0.1, 0.15) is 11.8 Å². The number of Topliss-reactive ketones (excluding diaryl/α,β-unsaturated/α-hetero) is 1. The second-order valence-electron chi connectivity index (χ2n) is 3.80. The fraction of sp³-hybridized carbons (Fsp3) is 0.200. The number of nitrogens with zero attached hydrogens (tertiary/aromatic N) is 3. The van der Waals surface area contributed by atoms with Crippen LogP contribution < -0.4 is 0 Å². The summed E-state index contributed by atoms with van der Waals surface area (Å²) in [5, 5.41) is 10.4. The Bertz CT molecular complexity index is 690. The second-order valence-corrected chi connectivity index (χ2v) is 3.80. The summed E-state index contributed by atoms with van der Waals surface area (Å²) in [6.07, 6.45) is -3.17. The van der Waals surface area contributed by atoms with Crippen molar-refractivity contribution in [2.45, 2.75) is 6.18 Å². The van der Waals surface area contributed by atoms with E-state index in [1.807, 2.05) is 0 Å². The first-order valence-electron chi connectivity index (χ1n) is 4.93. The Kier molecular flexibility index (Phi) is 2.76. The predicted octanol–water partition coefficient (Wildman–Crippen LogP) is 2.23. The molecule has 6 nitrogen and oxygen atoms in total. The number of carbonyl (C=O) groups excluding carboxylic acids is 1. The zero-order valence-electron chi connectivity index (χ0n) is 9.43. The molecule has 19 heavy (non-hydrogen) atoms. The summed E-state index contributed by atoms with van der Waals surface area (Å²) in [6, 6.07) is 0.904. The Balaban J connectivity index is 2.71. The Morgan fingerprint density at radius 2 is 2.11 bits per heavy atom. The van der Waals surface area contributed by atoms with Gasteiger partial charge in [0.2, 0.25) is 0 Å². The molecule has 2 heterocycles. The van der Waals surface area contributed by atoms with E-state index in [1.165, 1.54) is 11.6 Å². The molecule has 0 saturated heterocycles. The molecule has 9 heteroatoms. The fourth-order valence-electron chi connectivity index (χ4n) is 1.68. The maximum Gasteiger partial charge on any atom is 0.454 e. The van der Waals surface area contributed by atoms with Crippen LogP contribution in [0.3, 0.4) is 0 Å². The molecule has 0 N–H and O–H groups in total. The number of halogens is 3. The summed E-state index contributed by atoms with van der Waals surface area (Å²) in [5.41, 5.74) is -1.06. The summed E-state index contributed by atoms with van der Waals surface area (Å²) in [7, 11) is 1.40. The molecule has 0 fully saturated rings. The molecule has 0 aliphatic rings. The molecule has 2 aromatic rings. The van der Waals surface area contributed by atoms with Crippen molar-refractivity contribution in [3.8, 4) is 0 Å². The third-order valence-corrected chi connectivity index (χ3v) is 2.51. The van der Waals surface area contributed by atoms with Gasteiger partial charge in [-0.1, -0.05) is 0 Å². The maximum absolute atomic E-state index is 12.4. The van der Waals surface area contributed by atoms with E-state index in [4.69, 9.17) is 0 Å². The number of ketones is 1. The van der Waals surface area contributed by atoms with Gasteiger partial charge in [-0.2, -0.15) is 13.2 Å². The highest BCUT2D eigenvalue weighted by atomic mass is 19.4. The first-order chi connectivity index (χ1) is 8.71. The number of alkyl halides is 3. The topological polar surface area (TPSA) is 78.0 Å². The molecule has 0 amide bonds. The molecule has 0 bridgehead atoms. The van der Waals surface area contributed by atoms with E-state index in [9.17, 15) is 28.1 Å². The number of carbonyl (C=O) groups is 1. The van der Waals surface area contributed by atoms with Crippen LogP contribution in [0, 0.1) is 10.1 Å². The number of hydrogen-bond donors (Lipinski definition) is 0. The number of hydrogen-bond acceptors (Lipinski definition) is 4. The number of aryl methyl sites for hydroxylation is 1. The first-order valence-corrected chi connectivity index (χ1v) is 4.93. The molecule has 0 atom stereocenters. The molecule has 0 unspecified atom stereocenters. The van der Waals surface area contributed by atoms with E-state index < -0.39 is 28.1 Å². The average molecular weight is 273 g/mol. The zero-order chi connectivity index (χ0) is 14.4. The predicted molar refractivity (Wildman–Crippen MR) is 57.8 cm³/mol. The van der Waals surface area contributed by atoms with Crippen LogP contribution >= 0.6 is 0 Å². The molecule has 0 aliphatic heterocycles. The normalized spacial score (nSPS) is 11.8. The van der Waals surface area contributed by atoms with Gasteiger partial charge in [-0.15, -0.1) is 0 Å². The number of aromatic nitrogens is 2. The summed E-state index contributed by atoms with van der Waals surface area (Å²) in [6.45, 7) is 0. The highest BCUT2D eigenvalue weighted by Gasteiger charge is 2.41. The lowest BCUT2D eigenvalue weighted by Gasteiger charge is -2.02. The van der Waals surface area contributed by atoms with Gasteiger partial charge in [0.15, 0.2) is 0 Å². The van der Waals surface area contributed by atoms with Crippen LogP contribution in [0.2, 0.25) is 0 Å². The van der Waals surface area contributed by atoms with Crippen LogP contribution in [0.5, 0.6) is 0 Å². The van der Waals surface area contributed by atoms with Gasteiger partial charge in [-0.25, -0.2) is 4.98 Å². The summed E-state index contributed by atoms with van der Waals surface area (Å²) >= 11 is 0. The van der Waals surface area contributed by atoms with E-state index in [1.54, 1.807) is 0 Å². The monoisotopic (exact) mass is 273 g/mol. The number of rotatable bonds is 2. The van der Waals surface area contributed by atoms with Crippen molar-refractivity contribution >= 4 is 22.5 Å². The molecule has 2 rings (SSSR count). The number of pyridine rings is 1. The highest BCUT2D eigenvalue weighted by Crippen LogP contribution is 2.29. The van der Waals surface area contributed by atoms with E-state index in [0.717, 1.165) is 18.5 Å². The van der Waals surface area contributed by atoms with E-state index >= 15 is 0 Å². The molecule has 2 aromatic heterocycles. The lowest BCUT2D eigenvalue weighted by Crippen LogP contribution is -2.22. The van der Waals surface area contributed by atoms with Gasteiger partial charge in [-0.3, -0.25) is 14.9 Å². The second kappa shape index (κ2) is 4.04. The minimum Gasteiger partial charge on any atom is -0.335 e. The van der Waals surface area contributed by atoms with Crippen LogP contribution in [0.15, 0.2) is 18.5 Å². The van der Waals surface area contributed by atoms with Gasteiger partial charge < -0.3 is 4.57 Å². The Labute approximate surface area is 103 Å².